The summed E-state index contributed by atoms with van der Waals surface area (Å²) in [6, 6.07) is 18.2. The summed E-state index contributed by atoms with van der Waals surface area (Å²) < 4.78 is 13.1. The fourth-order valence-electron chi connectivity index (χ4n) is 2.88. The number of hydrogen-bond acceptors (Lipinski definition) is 1. The van der Waals surface area contributed by atoms with E-state index in [0.717, 1.165) is 11.4 Å². The van der Waals surface area contributed by atoms with E-state index in [1.54, 1.807) is 0 Å². The van der Waals surface area contributed by atoms with Crippen LogP contribution in [0.25, 0.3) is 10.8 Å². The Kier molecular flexibility index (Phi) is 5.55. The Bertz CT molecular complexity index is 944. The van der Waals surface area contributed by atoms with Gasteiger partial charge in [-0.2, -0.15) is 0 Å². The highest BCUT2D eigenvalue weighted by Crippen LogP contribution is 2.22. The molecule has 3 rings (SSSR count). The van der Waals surface area contributed by atoms with E-state index in [0.29, 0.717) is 5.69 Å². The third kappa shape index (κ3) is 4.21. The van der Waals surface area contributed by atoms with Gasteiger partial charge in [-0.15, -0.1) is 0 Å². The van der Waals surface area contributed by atoms with Gasteiger partial charge in [0.1, 0.15) is 12.4 Å². The minimum atomic E-state index is -0.430. The highest BCUT2D eigenvalue weighted by molar-refractivity contribution is 6.33. The second-order valence-corrected chi connectivity index (χ2v) is 6.95. The first-order valence-corrected chi connectivity index (χ1v) is 8.88. The number of amides is 1. The summed E-state index contributed by atoms with van der Waals surface area (Å²) in [4.78, 5) is 13.6. The molecule has 0 spiro atoms. The monoisotopic (exact) mass is 371 g/mol. The first kappa shape index (κ1) is 18.4. The first-order chi connectivity index (χ1) is 12.4. The summed E-state index contributed by atoms with van der Waals surface area (Å²) in [6.07, 6.45) is 0. The number of quaternary nitrogens is 1. The number of rotatable bonds is 5. The molecule has 3 nitrogen and oxygen atoms in total. The highest BCUT2D eigenvalue weighted by Gasteiger charge is 2.22. The van der Waals surface area contributed by atoms with Gasteiger partial charge in [0.15, 0.2) is 6.04 Å². The molecule has 0 aliphatic heterocycles. The normalized spacial score (nSPS) is 13.4. The number of anilines is 1. The maximum absolute atomic E-state index is 13.1. The van der Waals surface area contributed by atoms with Gasteiger partial charge in [0.2, 0.25) is 0 Å². The van der Waals surface area contributed by atoms with E-state index in [9.17, 15) is 9.18 Å². The predicted molar refractivity (Wildman–Crippen MR) is 104 cm³/mol. The fourth-order valence-corrected chi connectivity index (χ4v) is 3.09. The van der Waals surface area contributed by atoms with Gasteiger partial charge in [-0.05, 0) is 42.0 Å². The second kappa shape index (κ2) is 7.85. The van der Waals surface area contributed by atoms with E-state index < -0.39 is 5.82 Å². The summed E-state index contributed by atoms with van der Waals surface area (Å²) in [5.41, 5.74) is 1.59. The molecule has 0 saturated carbocycles. The van der Waals surface area contributed by atoms with Crippen LogP contribution in [-0.2, 0) is 11.3 Å². The van der Waals surface area contributed by atoms with Crippen molar-refractivity contribution in [2.24, 2.45) is 0 Å². The summed E-state index contributed by atoms with van der Waals surface area (Å²) >= 11 is 5.98. The Hall–Kier alpha value is -2.43. The molecule has 0 heterocycles. The summed E-state index contributed by atoms with van der Waals surface area (Å²) in [6.45, 7) is 2.58. The van der Waals surface area contributed by atoms with Gasteiger partial charge < -0.3 is 10.2 Å². The van der Waals surface area contributed by atoms with Crippen molar-refractivity contribution in [3.05, 3.63) is 77.1 Å². The molecule has 0 radical (unpaired) electrons. The molecule has 0 aliphatic rings. The van der Waals surface area contributed by atoms with Gasteiger partial charge in [-0.25, -0.2) is 4.39 Å². The molecule has 3 aromatic rings. The topological polar surface area (TPSA) is 33.5 Å². The molecule has 2 N–H and O–H groups in total. The van der Waals surface area contributed by atoms with Crippen LogP contribution in [0.1, 0.15) is 12.5 Å². The van der Waals surface area contributed by atoms with Crippen LogP contribution in [0, 0.1) is 5.82 Å². The lowest BCUT2D eigenvalue weighted by Crippen LogP contribution is -3.12. The molecule has 1 unspecified atom stereocenters. The summed E-state index contributed by atoms with van der Waals surface area (Å²) in [5, 5.41) is 5.36. The van der Waals surface area contributed by atoms with Crippen molar-refractivity contribution in [2.45, 2.75) is 19.5 Å². The quantitative estimate of drug-likeness (QED) is 0.705. The van der Waals surface area contributed by atoms with E-state index in [1.165, 1.54) is 34.5 Å². The molecule has 134 valence electrons. The zero-order valence-corrected chi connectivity index (χ0v) is 15.5. The number of carbonyl (C=O) groups excluding carboxylic acids is 1. The van der Waals surface area contributed by atoms with Crippen LogP contribution in [-0.4, -0.2) is 19.0 Å². The molecular formula is C21H21ClFN2O+. The first-order valence-electron chi connectivity index (χ1n) is 8.50. The number of nitrogens with one attached hydrogen (secondary N) is 2. The van der Waals surface area contributed by atoms with Gasteiger partial charge in [-0.1, -0.05) is 48.0 Å². The Morgan fingerprint density at radius 3 is 2.58 bits per heavy atom. The molecule has 2 atom stereocenters. The minimum absolute atomic E-state index is 0.156. The smallest absolute Gasteiger partial charge is 0.282 e. The van der Waals surface area contributed by atoms with Gasteiger partial charge in [0, 0.05) is 5.56 Å². The predicted octanol–water partition coefficient (Wildman–Crippen LogP) is 3.67. The van der Waals surface area contributed by atoms with Crippen LogP contribution in [0.15, 0.2) is 60.7 Å². The molecule has 0 aliphatic carbocycles. The van der Waals surface area contributed by atoms with Crippen LogP contribution in [0.4, 0.5) is 10.1 Å². The van der Waals surface area contributed by atoms with Gasteiger partial charge in [0.25, 0.3) is 5.91 Å². The van der Waals surface area contributed by atoms with E-state index in [4.69, 9.17) is 11.6 Å². The van der Waals surface area contributed by atoms with Gasteiger partial charge in [0.05, 0.1) is 17.8 Å². The highest BCUT2D eigenvalue weighted by atomic mass is 35.5. The van der Waals surface area contributed by atoms with Crippen molar-refractivity contribution in [1.82, 2.24) is 0 Å². The SMILES string of the molecule is C[C@@H](C(=O)Nc1ccc(F)cc1Cl)[NH+](C)Cc1ccc2ccccc2c1. The number of likely N-dealkylation sites (N-methyl/N-ethyl adjacent to an activating group) is 1. The lowest BCUT2D eigenvalue weighted by molar-refractivity contribution is -0.907. The van der Waals surface area contributed by atoms with Crippen molar-refractivity contribution in [3.63, 3.8) is 0 Å². The number of carbonyl (C=O) groups is 1. The van der Waals surface area contributed by atoms with Crippen molar-refractivity contribution >= 4 is 34.0 Å². The largest absolute Gasteiger partial charge is 0.324 e. The number of halogens is 2. The van der Waals surface area contributed by atoms with Gasteiger partial charge in [-0.3, -0.25) is 4.79 Å². The van der Waals surface area contributed by atoms with Crippen molar-refractivity contribution in [3.8, 4) is 0 Å². The average Bonchev–Trinajstić information content (AvgIpc) is 2.63. The molecule has 3 aromatic carbocycles. The summed E-state index contributed by atoms with van der Waals surface area (Å²) in [7, 11) is 1.98. The van der Waals surface area contributed by atoms with E-state index in [1.807, 2.05) is 26.1 Å². The zero-order valence-electron chi connectivity index (χ0n) is 14.7. The zero-order chi connectivity index (χ0) is 18.7. The molecule has 0 aromatic heterocycles. The molecule has 5 heteroatoms. The van der Waals surface area contributed by atoms with E-state index in [-0.39, 0.29) is 17.0 Å². The number of benzene rings is 3. The minimum Gasteiger partial charge on any atom is -0.324 e. The number of hydrogen-bond donors (Lipinski definition) is 2. The van der Waals surface area contributed by atoms with Crippen molar-refractivity contribution in [2.75, 3.05) is 12.4 Å². The lowest BCUT2D eigenvalue weighted by atomic mass is 10.1. The Morgan fingerprint density at radius 2 is 1.85 bits per heavy atom. The molecule has 0 bridgehead atoms. The molecule has 0 saturated heterocycles. The van der Waals surface area contributed by atoms with Crippen LogP contribution >= 0.6 is 11.6 Å². The van der Waals surface area contributed by atoms with Crippen LogP contribution in [0.3, 0.4) is 0 Å². The Balaban J connectivity index is 1.67. The fraction of sp³-hybridized carbons (Fsp3) is 0.190. The summed E-state index contributed by atoms with van der Waals surface area (Å²) in [5.74, 6) is -0.586. The van der Waals surface area contributed by atoms with Gasteiger partial charge >= 0.3 is 0 Å². The van der Waals surface area contributed by atoms with Crippen molar-refractivity contribution < 1.29 is 14.1 Å². The third-order valence-electron chi connectivity index (χ3n) is 4.62. The van der Waals surface area contributed by atoms with Crippen molar-refractivity contribution in [1.29, 1.82) is 0 Å². The maximum Gasteiger partial charge on any atom is 0.282 e. The maximum atomic E-state index is 13.1. The standard InChI is InChI=1S/C21H20ClFN2O/c1-14(21(26)24-20-10-9-18(23)12-19(20)22)25(2)13-15-7-8-16-5-3-4-6-17(16)11-15/h3-12,14H,13H2,1-2H3,(H,24,26)/p+1/t14-/m0/s1. The molecule has 26 heavy (non-hydrogen) atoms. The van der Waals surface area contributed by atoms with Crippen LogP contribution in [0.5, 0.6) is 0 Å². The van der Waals surface area contributed by atoms with Crippen LogP contribution < -0.4 is 10.2 Å². The Labute approximate surface area is 157 Å². The van der Waals surface area contributed by atoms with E-state index in [2.05, 4.69) is 35.6 Å². The molecular weight excluding hydrogens is 351 g/mol. The number of fused-ring (bicyclic) bond motifs is 1. The molecule has 0 fully saturated rings. The van der Waals surface area contributed by atoms with Crippen LogP contribution in [0.2, 0.25) is 5.02 Å². The third-order valence-corrected chi connectivity index (χ3v) is 4.93. The average molecular weight is 372 g/mol. The molecule has 1 amide bonds. The van der Waals surface area contributed by atoms with E-state index >= 15 is 0 Å². The lowest BCUT2D eigenvalue weighted by Gasteiger charge is -2.21. The Morgan fingerprint density at radius 1 is 1.12 bits per heavy atom. The second-order valence-electron chi connectivity index (χ2n) is 6.54.